The molecule has 0 heterocycles. The summed E-state index contributed by atoms with van der Waals surface area (Å²) in [4.78, 5) is 0. The summed E-state index contributed by atoms with van der Waals surface area (Å²) >= 11 is 0. The summed E-state index contributed by atoms with van der Waals surface area (Å²) in [6, 6.07) is 0. The quantitative estimate of drug-likeness (QED) is 0.578. The molecule has 0 aromatic carbocycles. The Bertz CT molecular complexity index is 138. The van der Waals surface area contributed by atoms with Crippen molar-refractivity contribution >= 4 is 0 Å². The summed E-state index contributed by atoms with van der Waals surface area (Å²) in [5, 5.41) is 9.08. The van der Waals surface area contributed by atoms with Crippen LogP contribution in [0.5, 0.6) is 0 Å². The van der Waals surface area contributed by atoms with Gasteiger partial charge in [0.25, 0.3) is 0 Å². The average Bonchev–Trinajstić information content (AvgIpc) is 1.95. The van der Waals surface area contributed by atoms with Gasteiger partial charge in [-0.05, 0) is 25.2 Å². The molecule has 1 heteroatoms. The molecular weight excluding hydrogens is 124 g/mol. The third kappa shape index (κ3) is 1.99. The van der Waals surface area contributed by atoms with E-state index in [1.165, 1.54) is 0 Å². The molecule has 2 atom stereocenters. The van der Waals surface area contributed by atoms with Gasteiger partial charge in [0.2, 0.25) is 0 Å². The SMILES string of the molecule is C=CCC1C=CC(O)CC1. The van der Waals surface area contributed by atoms with Crippen LogP contribution in [0.15, 0.2) is 24.8 Å². The second-order valence-corrected chi connectivity index (χ2v) is 2.81. The van der Waals surface area contributed by atoms with Gasteiger partial charge in [0.1, 0.15) is 0 Å². The molecule has 0 aromatic heterocycles. The number of aliphatic hydroxyl groups excluding tert-OH is 1. The van der Waals surface area contributed by atoms with E-state index in [0.717, 1.165) is 19.3 Å². The van der Waals surface area contributed by atoms with Gasteiger partial charge >= 0.3 is 0 Å². The minimum absolute atomic E-state index is 0.193. The molecule has 0 aromatic rings. The Labute approximate surface area is 62.1 Å². The maximum absolute atomic E-state index is 9.08. The second kappa shape index (κ2) is 3.57. The largest absolute Gasteiger partial charge is 0.389 e. The van der Waals surface area contributed by atoms with Crippen molar-refractivity contribution in [2.45, 2.75) is 25.4 Å². The van der Waals surface area contributed by atoms with Crippen molar-refractivity contribution in [3.63, 3.8) is 0 Å². The molecule has 0 bridgehead atoms. The monoisotopic (exact) mass is 138 g/mol. The lowest BCUT2D eigenvalue weighted by atomic mass is 9.92. The molecule has 0 fully saturated rings. The second-order valence-electron chi connectivity index (χ2n) is 2.81. The molecule has 0 amide bonds. The van der Waals surface area contributed by atoms with Gasteiger partial charge in [0, 0.05) is 0 Å². The Balaban J connectivity index is 2.37. The third-order valence-electron chi connectivity index (χ3n) is 1.91. The molecule has 0 aliphatic heterocycles. The van der Waals surface area contributed by atoms with E-state index in [0.29, 0.717) is 5.92 Å². The van der Waals surface area contributed by atoms with Gasteiger partial charge in [-0.2, -0.15) is 0 Å². The van der Waals surface area contributed by atoms with Gasteiger partial charge in [-0.25, -0.2) is 0 Å². The predicted octanol–water partition coefficient (Wildman–Crippen LogP) is 1.89. The molecule has 0 spiro atoms. The molecule has 0 radical (unpaired) electrons. The highest BCUT2D eigenvalue weighted by Crippen LogP contribution is 2.20. The first-order valence-corrected chi connectivity index (χ1v) is 3.80. The summed E-state index contributed by atoms with van der Waals surface area (Å²) in [7, 11) is 0. The lowest BCUT2D eigenvalue weighted by Gasteiger charge is -2.17. The van der Waals surface area contributed by atoms with E-state index in [4.69, 9.17) is 5.11 Å². The number of aliphatic hydroxyl groups is 1. The first-order valence-electron chi connectivity index (χ1n) is 3.80. The molecule has 10 heavy (non-hydrogen) atoms. The molecule has 2 unspecified atom stereocenters. The van der Waals surface area contributed by atoms with Crippen LogP contribution in [0.25, 0.3) is 0 Å². The summed E-state index contributed by atoms with van der Waals surface area (Å²) in [5.41, 5.74) is 0. The summed E-state index contributed by atoms with van der Waals surface area (Å²) in [5.74, 6) is 0.626. The topological polar surface area (TPSA) is 20.2 Å². The first kappa shape index (κ1) is 7.55. The van der Waals surface area contributed by atoms with Gasteiger partial charge in [0.15, 0.2) is 0 Å². The zero-order valence-corrected chi connectivity index (χ0v) is 6.16. The maximum Gasteiger partial charge on any atom is 0.0721 e. The van der Waals surface area contributed by atoms with Crippen molar-refractivity contribution in [3.05, 3.63) is 24.8 Å². The van der Waals surface area contributed by atoms with E-state index in [-0.39, 0.29) is 6.10 Å². The van der Waals surface area contributed by atoms with Gasteiger partial charge in [0.05, 0.1) is 6.10 Å². The van der Waals surface area contributed by atoms with Crippen LogP contribution in [-0.4, -0.2) is 11.2 Å². The summed E-state index contributed by atoms with van der Waals surface area (Å²) in [6.45, 7) is 3.68. The first-order chi connectivity index (χ1) is 4.83. The van der Waals surface area contributed by atoms with Gasteiger partial charge < -0.3 is 5.11 Å². The van der Waals surface area contributed by atoms with Crippen molar-refractivity contribution in [1.82, 2.24) is 0 Å². The lowest BCUT2D eigenvalue weighted by Crippen LogP contribution is -2.11. The molecule has 1 aliphatic carbocycles. The number of hydrogen-bond acceptors (Lipinski definition) is 1. The van der Waals surface area contributed by atoms with Gasteiger partial charge in [-0.3, -0.25) is 0 Å². The molecule has 0 saturated carbocycles. The third-order valence-corrected chi connectivity index (χ3v) is 1.91. The molecule has 1 aliphatic rings. The van der Waals surface area contributed by atoms with Gasteiger partial charge in [-0.1, -0.05) is 18.2 Å². The van der Waals surface area contributed by atoms with Crippen molar-refractivity contribution < 1.29 is 5.11 Å². The van der Waals surface area contributed by atoms with Crippen LogP contribution in [0.1, 0.15) is 19.3 Å². The number of rotatable bonds is 2. The smallest absolute Gasteiger partial charge is 0.0721 e. The Morgan fingerprint density at radius 1 is 1.50 bits per heavy atom. The van der Waals surface area contributed by atoms with Crippen LogP contribution in [0.3, 0.4) is 0 Å². The lowest BCUT2D eigenvalue weighted by molar-refractivity contribution is 0.195. The Hall–Kier alpha value is -0.560. The molecular formula is C9H14O. The number of hydrogen-bond donors (Lipinski definition) is 1. The average molecular weight is 138 g/mol. The fraction of sp³-hybridized carbons (Fsp3) is 0.556. The van der Waals surface area contributed by atoms with E-state index in [2.05, 4.69) is 12.7 Å². The van der Waals surface area contributed by atoms with Crippen molar-refractivity contribution in [2.24, 2.45) is 5.92 Å². The minimum Gasteiger partial charge on any atom is -0.389 e. The highest BCUT2D eigenvalue weighted by Gasteiger charge is 2.11. The zero-order valence-electron chi connectivity index (χ0n) is 6.16. The highest BCUT2D eigenvalue weighted by atomic mass is 16.3. The number of allylic oxidation sites excluding steroid dienone is 2. The maximum atomic E-state index is 9.08. The summed E-state index contributed by atoms with van der Waals surface area (Å²) < 4.78 is 0. The van der Waals surface area contributed by atoms with Crippen LogP contribution in [0, 0.1) is 5.92 Å². The highest BCUT2D eigenvalue weighted by molar-refractivity contribution is 4.99. The van der Waals surface area contributed by atoms with Crippen LogP contribution < -0.4 is 0 Å². The van der Waals surface area contributed by atoms with Crippen molar-refractivity contribution in [1.29, 1.82) is 0 Å². The van der Waals surface area contributed by atoms with Crippen LogP contribution in [0.4, 0.5) is 0 Å². The van der Waals surface area contributed by atoms with Crippen LogP contribution >= 0.6 is 0 Å². The standard InChI is InChI=1S/C9H14O/c1-2-3-8-4-6-9(10)7-5-8/h2,4,6,8-10H,1,3,5,7H2. The zero-order chi connectivity index (χ0) is 7.40. The molecule has 1 rings (SSSR count). The molecule has 1 N–H and O–H groups in total. The van der Waals surface area contributed by atoms with E-state index in [1.54, 1.807) is 0 Å². The van der Waals surface area contributed by atoms with Crippen molar-refractivity contribution in [2.75, 3.05) is 0 Å². The normalized spacial score (nSPS) is 32.1. The molecule has 56 valence electrons. The minimum atomic E-state index is -0.193. The van der Waals surface area contributed by atoms with E-state index in [9.17, 15) is 0 Å². The fourth-order valence-corrected chi connectivity index (χ4v) is 1.27. The Kier molecular flexibility index (Phi) is 2.69. The van der Waals surface area contributed by atoms with Crippen LogP contribution in [-0.2, 0) is 0 Å². The van der Waals surface area contributed by atoms with E-state index >= 15 is 0 Å². The van der Waals surface area contributed by atoms with Gasteiger partial charge in [-0.15, -0.1) is 6.58 Å². The van der Waals surface area contributed by atoms with E-state index in [1.807, 2.05) is 12.2 Å². The van der Waals surface area contributed by atoms with Crippen LogP contribution in [0.2, 0.25) is 0 Å². The van der Waals surface area contributed by atoms with Crippen molar-refractivity contribution in [3.8, 4) is 0 Å². The predicted molar refractivity (Wildman–Crippen MR) is 42.7 cm³/mol. The van der Waals surface area contributed by atoms with E-state index < -0.39 is 0 Å². The molecule has 0 saturated heterocycles. The summed E-state index contributed by atoms with van der Waals surface area (Å²) in [6.07, 6.45) is 8.78. The Morgan fingerprint density at radius 2 is 2.30 bits per heavy atom. The molecule has 1 nitrogen and oxygen atoms in total. The fourth-order valence-electron chi connectivity index (χ4n) is 1.27. The Morgan fingerprint density at radius 3 is 2.80 bits per heavy atom.